The van der Waals surface area contributed by atoms with E-state index in [1.165, 1.54) is 70.6 Å². The molecular formula is C35H49ClN2O3. The van der Waals surface area contributed by atoms with Crippen molar-refractivity contribution in [2.75, 3.05) is 25.5 Å². The van der Waals surface area contributed by atoms with Gasteiger partial charge in [0.15, 0.2) is 0 Å². The molecule has 224 valence electrons. The molecule has 1 amide bonds. The molecule has 0 aliphatic carbocycles. The third-order valence-corrected chi connectivity index (χ3v) is 8.39. The molecule has 2 aromatic carbocycles. The summed E-state index contributed by atoms with van der Waals surface area (Å²) in [5, 5.41) is 11.8. The first kappa shape index (κ1) is 32.7. The highest BCUT2D eigenvalue weighted by Gasteiger charge is 2.45. The van der Waals surface area contributed by atoms with E-state index in [9.17, 15) is 14.7 Å². The molecule has 1 fully saturated rings. The molecule has 6 heteroatoms. The number of nitrogens with zero attached hydrogens (tertiary/aromatic N) is 2. The maximum absolute atomic E-state index is 13.3. The van der Waals surface area contributed by atoms with Crippen LogP contribution in [0.15, 0.2) is 54.1 Å². The van der Waals surface area contributed by atoms with Crippen molar-refractivity contribution >= 4 is 34.7 Å². The van der Waals surface area contributed by atoms with Crippen LogP contribution in [0.1, 0.15) is 114 Å². The number of likely N-dealkylation sites (tertiary alicyclic amines) is 1. The zero-order valence-electron chi connectivity index (χ0n) is 25.3. The second kappa shape index (κ2) is 17.2. The van der Waals surface area contributed by atoms with E-state index in [1.54, 1.807) is 29.2 Å². The Morgan fingerprint density at radius 3 is 1.73 bits per heavy atom. The Labute approximate surface area is 252 Å². The number of ketones is 1. The van der Waals surface area contributed by atoms with Crippen LogP contribution in [0.2, 0.25) is 5.02 Å². The number of aliphatic hydroxyl groups excluding tert-OH is 1. The molecule has 3 rings (SSSR count). The Kier molecular flexibility index (Phi) is 13.8. The van der Waals surface area contributed by atoms with E-state index >= 15 is 0 Å². The van der Waals surface area contributed by atoms with Crippen molar-refractivity contribution in [3.8, 4) is 0 Å². The average molecular weight is 581 g/mol. The Hall–Kier alpha value is -2.79. The minimum absolute atomic E-state index is 0.139. The van der Waals surface area contributed by atoms with Crippen LogP contribution in [-0.2, 0) is 9.59 Å². The lowest BCUT2D eigenvalue weighted by molar-refractivity contribution is -0.139. The van der Waals surface area contributed by atoms with Gasteiger partial charge in [-0.2, -0.15) is 0 Å². The number of carbonyl (C=O) groups excluding carboxylic acids is 2. The number of hydrogen-bond donors (Lipinski definition) is 1. The summed E-state index contributed by atoms with van der Waals surface area (Å²) in [6.45, 7) is 2.75. The minimum atomic E-state index is -0.635. The molecule has 1 N–H and O–H groups in total. The number of rotatable bonds is 18. The third kappa shape index (κ3) is 9.63. The first-order valence-electron chi connectivity index (χ1n) is 15.7. The zero-order chi connectivity index (χ0) is 29.6. The maximum atomic E-state index is 13.3. The van der Waals surface area contributed by atoms with E-state index in [0.717, 1.165) is 30.5 Å². The van der Waals surface area contributed by atoms with Gasteiger partial charge in [-0.3, -0.25) is 9.59 Å². The van der Waals surface area contributed by atoms with Gasteiger partial charge in [-0.1, -0.05) is 114 Å². The van der Waals surface area contributed by atoms with Gasteiger partial charge in [0.2, 0.25) is 0 Å². The molecule has 0 radical (unpaired) electrons. The summed E-state index contributed by atoms with van der Waals surface area (Å²) in [7, 11) is 3.94. The summed E-state index contributed by atoms with van der Waals surface area (Å²) < 4.78 is 0. The van der Waals surface area contributed by atoms with Gasteiger partial charge in [-0.25, -0.2) is 0 Å². The number of anilines is 1. The second-order valence-corrected chi connectivity index (χ2v) is 12.0. The van der Waals surface area contributed by atoms with E-state index in [1.807, 2.05) is 43.3 Å². The highest BCUT2D eigenvalue weighted by atomic mass is 35.5. The lowest BCUT2D eigenvalue weighted by atomic mass is 9.95. The summed E-state index contributed by atoms with van der Waals surface area (Å²) in [5.41, 5.74) is 2.45. The number of unbranched alkanes of at least 4 members (excludes halogenated alkanes) is 13. The minimum Gasteiger partial charge on any atom is -0.507 e. The summed E-state index contributed by atoms with van der Waals surface area (Å²) in [6.07, 6.45) is 17.7. The fourth-order valence-electron chi connectivity index (χ4n) is 5.65. The van der Waals surface area contributed by atoms with E-state index < -0.39 is 17.7 Å². The van der Waals surface area contributed by atoms with E-state index in [0.29, 0.717) is 17.1 Å². The zero-order valence-corrected chi connectivity index (χ0v) is 26.1. The molecule has 1 aliphatic rings. The van der Waals surface area contributed by atoms with Crippen molar-refractivity contribution in [1.29, 1.82) is 0 Å². The molecule has 0 bridgehead atoms. The van der Waals surface area contributed by atoms with E-state index in [2.05, 4.69) is 6.92 Å². The lowest BCUT2D eigenvalue weighted by Gasteiger charge is -2.26. The normalized spacial score (nSPS) is 16.5. The summed E-state index contributed by atoms with van der Waals surface area (Å²) in [6, 6.07) is 13.9. The van der Waals surface area contributed by atoms with Crippen LogP contribution in [0.4, 0.5) is 5.69 Å². The average Bonchev–Trinajstić information content (AvgIpc) is 3.22. The summed E-state index contributed by atoms with van der Waals surface area (Å²) >= 11 is 6.04. The molecule has 0 spiro atoms. The Morgan fingerprint density at radius 1 is 0.756 bits per heavy atom. The largest absolute Gasteiger partial charge is 0.507 e. The van der Waals surface area contributed by atoms with Crippen molar-refractivity contribution < 1.29 is 14.7 Å². The van der Waals surface area contributed by atoms with E-state index in [4.69, 9.17) is 11.6 Å². The maximum Gasteiger partial charge on any atom is 0.295 e. The van der Waals surface area contributed by atoms with Crippen molar-refractivity contribution in [3.05, 3.63) is 70.3 Å². The smallest absolute Gasteiger partial charge is 0.295 e. The van der Waals surface area contributed by atoms with Crippen molar-refractivity contribution in [3.63, 3.8) is 0 Å². The Balaban J connectivity index is 1.57. The first-order valence-corrected chi connectivity index (χ1v) is 16.0. The molecule has 1 saturated heterocycles. The molecule has 1 aliphatic heterocycles. The van der Waals surface area contributed by atoms with Crippen molar-refractivity contribution in [2.45, 2.75) is 103 Å². The number of hydrogen-bond acceptors (Lipinski definition) is 4. The van der Waals surface area contributed by atoms with Crippen molar-refractivity contribution in [2.24, 2.45) is 0 Å². The predicted molar refractivity (Wildman–Crippen MR) is 172 cm³/mol. The number of amides is 1. The van der Waals surface area contributed by atoms with Crippen LogP contribution in [0.25, 0.3) is 5.76 Å². The summed E-state index contributed by atoms with van der Waals surface area (Å²) in [5.74, 6) is -1.34. The molecule has 0 aromatic heterocycles. The lowest BCUT2D eigenvalue weighted by Crippen LogP contribution is -2.30. The molecule has 1 heterocycles. The van der Waals surface area contributed by atoms with Gasteiger partial charge in [0, 0.05) is 36.9 Å². The SMILES string of the molecule is CCCCCCCCCCCCCCCCN1C(=O)C(=O)/C(=C(\O)c2ccc(Cl)cc2)C1c1ccc(N(C)C)cc1. The molecular weight excluding hydrogens is 532 g/mol. The fraction of sp³-hybridized carbons (Fsp3) is 0.543. The number of Topliss-reactive ketones (excluding diaryl/α,β-unsaturated/α-hetero) is 1. The van der Waals surface area contributed by atoms with Crippen LogP contribution < -0.4 is 4.90 Å². The Morgan fingerprint density at radius 2 is 1.24 bits per heavy atom. The van der Waals surface area contributed by atoms with Gasteiger partial charge in [0.25, 0.3) is 11.7 Å². The van der Waals surface area contributed by atoms with Crippen LogP contribution in [0.5, 0.6) is 0 Å². The number of carbonyl (C=O) groups is 2. The molecule has 1 unspecified atom stereocenters. The van der Waals surface area contributed by atoms with E-state index in [-0.39, 0.29) is 11.3 Å². The quantitative estimate of drug-likeness (QED) is 0.0825. The fourth-order valence-corrected chi connectivity index (χ4v) is 5.78. The van der Waals surface area contributed by atoms with Gasteiger partial charge >= 0.3 is 0 Å². The van der Waals surface area contributed by atoms with Gasteiger partial charge in [-0.15, -0.1) is 0 Å². The highest BCUT2D eigenvalue weighted by Crippen LogP contribution is 2.40. The molecule has 0 saturated carbocycles. The van der Waals surface area contributed by atoms with Gasteiger partial charge in [-0.05, 0) is 48.4 Å². The van der Waals surface area contributed by atoms with Gasteiger partial charge < -0.3 is 14.9 Å². The van der Waals surface area contributed by atoms with Crippen LogP contribution in [-0.4, -0.2) is 42.3 Å². The number of halogens is 1. The number of aliphatic hydroxyl groups is 1. The van der Waals surface area contributed by atoms with Crippen LogP contribution in [0.3, 0.4) is 0 Å². The Bertz CT molecular complexity index is 1130. The topological polar surface area (TPSA) is 60.9 Å². The molecule has 41 heavy (non-hydrogen) atoms. The number of benzene rings is 2. The monoisotopic (exact) mass is 580 g/mol. The van der Waals surface area contributed by atoms with Crippen LogP contribution >= 0.6 is 11.6 Å². The molecule has 1 atom stereocenters. The van der Waals surface area contributed by atoms with Gasteiger partial charge in [0.05, 0.1) is 11.6 Å². The highest BCUT2D eigenvalue weighted by molar-refractivity contribution is 6.46. The first-order chi connectivity index (χ1) is 19.8. The molecule has 2 aromatic rings. The summed E-state index contributed by atoms with van der Waals surface area (Å²) in [4.78, 5) is 30.1. The van der Waals surface area contributed by atoms with Gasteiger partial charge in [0.1, 0.15) is 5.76 Å². The predicted octanol–water partition coefficient (Wildman–Crippen LogP) is 9.31. The standard InChI is InChI=1S/C35H49ClN2O3/c1-4-5-6-7-8-9-10-11-12-13-14-15-16-17-26-38-32(27-20-24-30(25-21-27)37(2)3)31(34(40)35(38)41)33(39)28-18-22-29(36)23-19-28/h18-25,32,39H,4-17,26H2,1-3H3/b33-31-. The second-order valence-electron chi connectivity index (χ2n) is 11.6. The van der Waals surface area contributed by atoms with Crippen LogP contribution in [0, 0.1) is 0 Å². The van der Waals surface area contributed by atoms with Crippen molar-refractivity contribution in [1.82, 2.24) is 4.90 Å². The molecule has 5 nitrogen and oxygen atoms in total. The third-order valence-electron chi connectivity index (χ3n) is 8.14.